The van der Waals surface area contributed by atoms with E-state index in [1.54, 1.807) is 18.2 Å². The van der Waals surface area contributed by atoms with E-state index in [1.807, 2.05) is 0 Å². The first-order valence-electron chi connectivity index (χ1n) is 6.49. The van der Waals surface area contributed by atoms with Gasteiger partial charge in [0, 0.05) is 16.0 Å². The van der Waals surface area contributed by atoms with Gasteiger partial charge in [-0.1, -0.05) is 24.4 Å². The van der Waals surface area contributed by atoms with E-state index >= 15 is 0 Å². The molecule has 20 heavy (non-hydrogen) atoms. The molecule has 1 aliphatic rings. The molecule has 1 atom stereocenters. The van der Waals surface area contributed by atoms with Crippen LogP contribution < -0.4 is 0 Å². The predicted octanol–water partition coefficient (Wildman–Crippen LogP) is 3.57. The number of hydrogen-bond acceptors (Lipinski definition) is 2. The Labute approximate surface area is 130 Å². The number of carbonyl (C=O) groups is 2. The lowest BCUT2D eigenvalue weighted by atomic mass is 10.1. The Bertz CT molecular complexity index is 535. The Hall–Kier alpha value is -1.07. The molecule has 1 N–H and O–H groups in total. The average molecular weight is 361 g/mol. The van der Waals surface area contributed by atoms with E-state index in [-0.39, 0.29) is 5.91 Å². The fourth-order valence-electron chi connectivity index (χ4n) is 2.42. The maximum absolute atomic E-state index is 12.6. The minimum Gasteiger partial charge on any atom is -0.480 e. The highest BCUT2D eigenvalue weighted by atomic mass is 79.9. The van der Waals surface area contributed by atoms with Crippen molar-refractivity contribution in [3.05, 3.63) is 33.3 Å². The molecule has 1 aromatic carbocycles. The highest BCUT2D eigenvalue weighted by Gasteiger charge is 2.32. The van der Waals surface area contributed by atoms with Gasteiger partial charge >= 0.3 is 5.97 Å². The molecule has 6 heteroatoms. The van der Waals surface area contributed by atoms with Crippen LogP contribution in [0.1, 0.15) is 36.0 Å². The number of hydrogen-bond donors (Lipinski definition) is 1. The first-order chi connectivity index (χ1) is 9.50. The van der Waals surface area contributed by atoms with E-state index in [4.69, 9.17) is 11.6 Å². The van der Waals surface area contributed by atoms with Crippen LogP contribution in [0.25, 0.3) is 0 Å². The second-order valence-electron chi connectivity index (χ2n) is 4.83. The number of halogens is 2. The third kappa shape index (κ3) is 3.33. The van der Waals surface area contributed by atoms with Gasteiger partial charge < -0.3 is 10.0 Å². The summed E-state index contributed by atoms with van der Waals surface area (Å²) in [4.78, 5) is 25.4. The minimum absolute atomic E-state index is 0.284. The number of carbonyl (C=O) groups excluding carboxylic acids is 1. The molecule has 1 saturated heterocycles. The summed E-state index contributed by atoms with van der Waals surface area (Å²) in [6.45, 7) is 0.467. The fraction of sp³-hybridized carbons (Fsp3) is 0.429. The summed E-state index contributed by atoms with van der Waals surface area (Å²) < 4.78 is 0.625. The third-order valence-electron chi connectivity index (χ3n) is 3.46. The number of amides is 1. The van der Waals surface area contributed by atoms with Crippen LogP contribution in [-0.4, -0.2) is 34.5 Å². The Morgan fingerprint density at radius 1 is 1.30 bits per heavy atom. The molecule has 108 valence electrons. The molecule has 1 aliphatic heterocycles. The fourth-order valence-corrected chi connectivity index (χ4v) is 3.01. The number of carboxylic acids is 1. The van der Waals surface area contributed by atoms with Crippen LogP contribution in [-0.2, 0) is 4.79 Å². The monoisotopic (exact) mass is 359 g/mol. The number of nitrogens with zero attached hydrogens (tertiary/aromatic N) is 1. The molecule has 1 fully saturated rings. The smallest absolute Gasteiger partial charge is 0.326 e. The maximum Gasteiger partial charge on any atom is 0.326 e. The van der Waals surface area contributed by atoms with Gasteiger partial charge in [-0.25, -0.2) is 4.79 Å². The van der Waals surface area contributed by atoms with E-state index in [1.165, 1.54) is 4.90 Å². The standard InChI is InChI=1S/C14H15BrClNO3/c15-11-6-5-9(16)8-10(11)13(18)17-7-3-1-2-4-12(17)14(19)20/h5-6,8,12H,1-4,7H2,(H,19,20). The van der Waals surface area contributed by atoms with Crippen molar-refractivity contribution in [2.24, 2.45) is 0 Å². The first kappa shape index (κ1) is 15.3. The van der Waals surface area contributed by atoms with Crippen LogP contribution in [0.4, 0.5) is 0 Å². The lowest BCUT2D eigenvalue weighted by Crippen LogP contribution is -2.44. The summed E-state index contributed by atoms with van der Waals surface area (Å²) in [7, 11) is 0. The zero-order valence-corrected chi connectivity index (χ0v) is 13.2. The summed E-state index contributed by atoms with van der Waals surface area (Å²) in [6.07, 6.45) is 3.11. The summed E-state index contributed by atoms with van der Waals surface area (Å²) in [6, 6.07) is 4.19. The van der Waals surface area contributed by atoms with Crippen molar-refractivity contribution in [1.82, 2.24) is 4.90 Å². The number of aliphatic carboxylic acids is 1. The second-order valence-corrected chi connectivity index (χ2v) is 6.12. The molecule has 1 heterocycles. The van der Waals surface area contributed by atoms with Gasteiger partial charge in [-0.15, -0.1) is 0 Å². The Morgan fingerprint density at radius 3 is 2.75 bits per heavy atom. The van der Waals surface area contributed by atoms with Crippen LogP contribution in [0.15, 0.2) is 22.7 Å². The zero-order chi connectivity index (χ0) is 14.7. The van der Waals surface area contributed by atoms with Gasteiger partial charge in [-0.3, -0.25) is 4.79 Å². The van der Waals surface area contributed by atoms with E-state index in [9.17, 15) is 14.7 Å². The van der Waals surface area contributed by atoms with E-state index in [2.05, 4.69) is 15.9 Å². The largest absolute Gasteiger partial charge is 0.480 e. The second kappa shape index (κ2) is 6.59. The van der Waals surface area contributed by atoms with Crippen LogP contribution in [0, 0.1) is 0 Å². The van der Waals surface area contributed by atoms with Crippen molar-refractivity contribution in [3.63, 3.8) is 0 Å². The lowest BCUT2D eigenvalue weighted by molar-refractivity contribution is -0.142. The van der Waals surface area contributed by atoms with E-state index in [0.29, 0.717) is 28.0 Å². The highest BCUT2D eigenvalue weighted by molar-refractivity contribution is 9.10. The Morgan fingerprint density at radius 2 is 2.05 bits per heavy atom. The predicted molar refractivity (Wildman–Crippen MR) is 80.1 cm³/mol. The van der Waals surface area contributed by atoms with Gasteiger partial charge in [-0.2, -0.15) is 0 Å². The maximum atomic E-state index is 12.6. The average Bonchev–Trinajstić information content (AvgIpc) is 2.66. The van der Waals surface area contributed by atoms with Crippen molar-refractivity contribution >= 4 is 39.4 Å². The topological polar surface area (TPSA) is 57.6 Å². The molecular weight excluding hydrogens is 346 g/mol. The Kier molecular flexibility index (Phi) is 5.05. The quantitative estimate of drug-likeness (QED) is 0.877. The highest BCUT2D eigenvalue weighted by Crippen LogP contribution is 2.26. The van der Waals surface area contributed by atoms with Crippen LogP contribution in [0.2, 0.25) is 5.02 Å². The molecule has 0 aromatic heterocycles. The summed E-state index contributed by atoms with van der Waals surface area (Å²) >= 11 is 9.24. The summed E-state index contributed by atoms with van der Waals surface area (Å²) in [5, 5.41) is 9.78. The van der Waals surface area contributed by atoms with Crippen LogP contribution >= 0.6 is 27.5 Å². The van der Waals surface area contributed by atoms with Crippen molar-refractivity contribution in [2.75, 3.05) is 6.54 Å². The number of benzene rings is 1. The molecule has 0 bridgehead atoms. The van der Waals surface area contributed by atoms with Gasteiger partial charge in [0.1, 0.15) is 6.04 Å². The molecule has 1 amide bonds. The Balaban J connectivity index is 2.33. The van der Waals surface area contributed by atoms with Gasteiger partial charge in [0.15, 0.2) is 0 Å². The summed E-state index contributed by atoms with van der Waals surface area (Å²) in [5.74, 6) is -1.23. The first-order valence-corrected chi connectivity index (χ1v) is 7.66. The minimum atomic E-state index is -0.946. The molecule has 0 aliphatic carbocycles. The SMILES string of the molecule is O=C(O)C1CCCCCN1C(=O)c1cc(Cl)ccc1Br. The van der Waals surface area contributed by atoms with E-state index in [0.717, 1.165) is 19.3 Å². The van der Waals surface area contributed by atoms with Crippen molar-refractivity contribution in [3.8, 4) is 0 Å². The van der Waals surface area contributed by atoms with Gasteiger partial charge in [0.05, 0.1) is 5.56 Å². The number of rotatable bonds is 2. The zero-order valence-electron chi connectivity index (χ0n) is 10.8. The molecule has 0 spiro atoms. The third-order valence-corrected chi connectivity index (χ3v) is 4.38. The van der Waals surface area contributed by atoms with Gasteiger partial charge in [0.25, 0.3) is 5.91 Å². The van der Waals surface area contributed by atoms with Crippen molar-refractivity contribution in [1.29, 1.82) is 0 Å². The number of carboxylic acid groups (broad SMARTS) is 1. The molecule has 0 radical (unpaired) electrons. The van der Waals surface area contributed by atoms with E-state index < -0.39 is 12.0 Å². The molecule has 1 unspecified atom stereocenters. The van der Waals surface area contributed by atoms with Crippen LogP contribution in [0.5, 0.6) is 0 Å². The molecular formula is C14H15BrClNO3. The molecule has 2 rings (SSSR count). The van der Waals surface area contributed by atoms with Gasteiger partial charge in [-0.05, 0) is 47.0 Å². The lowest BCUT2D eigenvalue weighted by Gasteiger charge is -2.27. The number of likely N-dealkylation sites (tertiary alicyclic amines) is 1. The summed E-state index contributed by atoms with van der Waals surface area (Å²) in [5.41, 5.74) is 0.408. The molecule has 1 aromatic rings. The molecule has 0 saturated carbocycles. The molecule has 4 nitrogen and oxygen atoms in total. The normalized spacial score (nSPS) is 19.5. The van der Waals surface area contributed by atoms with Crippen molar-refractivity contribution in [2.45, 2.75) is 31.7 Å². The van der Waals surface area contributed by atoms with Gasteiger partial charge in [0.2, 0.25) is 0 Å². The van der Waals surface area contributed by atoms with Crippen molar-refractivity contribution < 1.29 is 14.7 Å². The van der Waals surface area contributed by atoms with Crippen LogP contribution in [0.3, 0.4) is 0 Å².